The molecule has 1 aliphatic rings. The highest BCUT2D eigenvalue weighted by atomic mass is 19.1. The zero-order chi connectivity index (χ0) is 17.6. The van der Waals surface area contributed by atoms with E-state index < -0.39 is 0 Å². The molecule has 1 aliphatic heterocycles. The van der Waals surface area contributed by atoms with Crippen LogP contribution in [0.15, 0.2) is 42.6 Å². The fourth-order valence-corrected chi connectivity index (χ4v) is 2.88. The van der Waals surface area contributed by atoms with E-state index in [2.05, 4.69) is 9.88 Å². The maximum Gasteiger partial charge on any atom is 0.309 e. The summed E-state index contributed by atoms with van der Waals surface area (Å²) in [6, 6.07) is 11.7. The van der Waals surface area contributed by atoms with Crippen molar-refractivity contribution in [1.29, 1.82) is 5.26 Å². The summed E-state index contributed by atoms with van der Waals surface area (Å²) in [6.45, 7) is 1.51. The predicted molar refractivity (Wildman–Crippen MR) is 90.1 cm³/mol. The molecule has 0 amide bonds. The average molecular weight is 339 g/mol. The summed E-state index contributed by atoms with van der Waals surface area (Å²) >= 11 is 0. The number of halogens is 1. The number of piperidine rings is 1. The molecular formula is C19H18FN3O2. The van der Waals surface area contributed by atoms with Crippen LogP contribution in [0.25, 0.3) is 0 Å². The Morgan fingerprint density at radius 2 is 2.12 bits per heavy atom. The minimum absolute atomic E-state index is 0.0913. The molecule has 0 aliphatic carbocycles. The Labute approximate surface area is 145 Å². The number of pyridine rings is 1. The number of nitrogens with zero attached hydrogens (tertiary/aromatic N) is 3. The van der Waals surface area contributed by atoms with Crippen LogP contribution in [0.1, 0.15) is 24.0 Å². The number of carbonyl (C=O) groups excluding carboxylic acids is 1. The Hall–Kier alpha value is -2.94. The third kappa shape index (κ3) is 4.32. The zero-order valence-electron chi connectivity index (χ0n) is 13.7. The maximum atomic E-state index is 13.1. The van der Waals surface area contributed by atoms with Gasteiger partial charge in [0.25, 0.3) is 0 Å². The Morgan fingerprint density at radius 3 is 2.76 bits per heavy atom. The quantitative estimate of drug-likeness (QED) is 0.801. The summed E-state index contributed by atoms with van der Waals surface area (Å²) in [4.78, 5) is 18.6. The third-order valence-corrected chi connectivity index (χ3v) is 4.30. The molecule has 3 rings (SSSR count). The normalized spacial score (nSPS) is 14.8. The van der Waals surface area contributed by atoms with Crippen LogP contribution in [-0.2, 0) is 16.1 Å². The van der Waals surface area contributed by atoms with E-state index in [4.69, 9.17) is 10.00 Å². The molecule has 0 N–H and O–H groups in total. The zero-order valence-corrected chi connectivity index (χ0v) is 13.7. The van der Waals surface area contributed by atoms with Gasteiger partial charge >= 0.3 is 5.97 Å². The Bertz CT molecular complexity index is 778. The number of hydrogen-bond acceptors (Lipinski definition) is 5. The second-order valence-corrected chi connectivity index (χ2v) is 6.02. The minimum Gasteiger partial charge on any atom is -0.461 e. The van der Waals surface area contributed by atoms with Gasteiger partial charge in [-0.1, -0.05) is 12.1 Å². The van der Waals surface area contributed by atoms with Crippen LogP contribution >= 0.6 is 0 Å². The molecule has 1 aromatic carbocycles. The molecule has 6 heteroatoms. The number of anilines is 1. The first-order valence-electron chi connectivity index (χ1n) is 8.18. The number of hydrogen-bond donors (Lipinski definition) is 0. The molecule has 1 aromatic heterocycles. The van der Waals surface area contributed by atoms with Crippen molar-refractivity contribution >= 4 is 11.8 Å². The molecule has 2 aromatic rings. The van der Waals surface area contributed by atoms with E-state index in [0.29, 0.717) is 37.1 Å². The van der Waals surface area contributed by atoms with Crippen LogP contribution in [0.5, 0.6) is 0 Å². The lowest BCUT2D eigenvalue weighted by Crippen LogP contribution is -2.37. The lowest BCUT2D eigenvalue weighted by Gasteiger charge is -2.31. The molecule has 0 unspecified atom stereocenters. The second-order valence-electron chi connectivity index (χ2n) is 6.02. The summed E-state index contributed by atoms with van der Waals surface area (Å²) in [5.41, 5.74) is 1.17. The van der Waals surface area contributed by atoms with Crippen LogP contribution in [-0.4, -0.2) is 24.0 Å². The topological polar surface area (TPSA) is 66.2 Å². The van der Waals surface area contributed by atoms with Crippen molar-refractivity contribution in [2.24, 2.45) is 5.92 Å². The molecule has 1 fully saturated rings. The van der Waals surface area contributed by atoms with Crippen molar-refractivity contribution in [3.63, 3.8) is 0 Å². The number of carbonyl (C=O) groups is 1. The van der Waals surface area contributed by atoms with Crippen molar-refractivity contribution < 1.29 is 13.9 Å². The van der Waals surface area contributed by atoms with E-state index in [1.807, 2.05) is 12.1 Å². The first-order chi connectivity index (χ1) is 12.2. The van der Waals surface area contributed by atoms with Crippen LogP contribution < -0.4 is 4.90 Å². The van der Waals surface area contributed by atoms with E-state index >= 15 is 0 Å². The molecule has 5 nitrogen and oxygen atoms in total. The van der Waals surface area contributed by atoms with Gasteiger partial charge in [-0.2, -0.15) is 5.26 Å². The van der Waals surface area contributed by atoms with Crippen LogP contribution in [0, 0.1) is 23.1 Å². The molecule has 25 heavy (non-hydrogen) atoms. The SMILES string of the molecule is N#Cc1ccc(N2CCC(C(=O)OCc3cccc(F)c3)CC2)nc1. The fourth-order valence-electron chi connectivity index (χ4n) is 2.88. The number of aromatic nitrogens is 1. The van der Waals surface area contributed by atoms with Gasteiger partial charge in [-0.15, -0.1) is 0 Å². The lowest BCUT2D eigenvalue weighted by molar-refractivity contribution is -0.150. The fraction of sp³-hybridized carbons (Fsp3) is 0.316. The van der Waals surface area contributed by atoms with Crippen molar-refractivity contribution in [1.82, 2.24) is 4.98 Å². The monoisotopic (exact) mass is 339 g/mol. The Kier molecular flexibility index (Phi) is 5.24. The Morgan fingerprint density at radius 1 is 1.32 bits per heavy atom. The Balaban J connectivity index is 1.49. The van der Waals surface area contributed by atoms with Crippen molar-refractivity contribution in [2.75, 3.05) is 18.0 Å². The van der Waals surface area contributed by atoms with Gasteiger partial charge in [0.05, 0.1) is 11.5 Å². The number of benzene rings is 1. The van der Waals surface area contributed by atoms with Crippen molar-refractivity contribution in [3.05, 3.63) is 59.5 Å². The van der Waals surface area contributed by atoms with Crippen LogP contribution in [0.3, 0.4) is 0 Å². The molecule has 0 atom stereocenters. The molecule has 2 heterocycles. The molecular weight excluding hydrogens is 321 g/mol. The minimum atomic E-state index is -0.336. The van der Waals surface area contributed by atoms with Gasteiger partial charge in [0.15, 0.2) is 0 Å². The van der Waals surface area contributed by atoms with Gasteiger partial charge in [0, 0.05) is 19.3 Å². The van der Waals surface area contributed by atoms with Gasteiger partial charge in [0.1, 0.15) is 24.3 Å². The molecule has 0 radical (unpaired) electrons. The first kappa shape index (κ1) is 16.9. The van der Waals surface area contributed by atoms with Crippen molar-refractivity contribution in [3.8, 4) is 6.07 Å². The number of rotatable bonds is 4. The predicted octanol–water partition coefficient (Wildman–Crippen LogP) is 3.05. The molecule has 0 spiro atoms. The first-order valence-corrected chi connectivity index (χ1v) is 8.18. The summed E-state index contributed by atoms with van der Waals surface area (Å²) in [5.74, 6) is 0.0854. The van der Waals surface area contributed by atoms with Gasteiger partial charge in [-0.3, -0.25) is 4.79 Å². The summed E-state index contributed by atoms with van der Waals surface area (Å²) in [5, 5.41) is 8.81. The lowest BCUT2D eigenvalue weighted by atomic mass is 9.97. The highest BCUT2D eigenvalue weighted by Crippen LogP contribution is 2.23. The van der Waals surface area contributed by atoms with E-state index in [1.165, 1.54) is 12.1 Å². The smallest absolute Gasteiger partial charge is 0.309 e. The second kappa shape index (κ2) is 7.75. The van der Waals surface area contributed by atoms with Crippen molar-refractivity contribution in [2.45, 2.75) is 19.4 Å². The van der Waals surface area contributed by atoms with Crippen LogP contribution in [0.2, 0.25) is 0 Å². The third-order valence-electron chi connectivity index (χ3n) is 4.30. The van der Waals surface area contributed by atoms with Gasteiger partial charge < -0.3 is 9.64 Å². The number of esters is 1. The maximum absolute atomic E-state index is 13.1. The summed E-state index contributed by atoms with van der Waals surface area (Å²) in [6.07, 6.45) is 2.92. The number of ether oxygens (including phenoxy) is 1. The summed E-state index contributed by atoms with van der Waals surface area (Å²) < 4.78 is 18.4. The van der Waals surface area contributed by atoms with E-state index in [-0.39, 0.29) is 24.3 Å². The van der Waals surface area contributed by atoms with Crippen LogP contribution in [0.4, 0.5) is 10.2 Å². The highest BCUT2D eigenvalue weighted by molar-refractivity contribution is 5.72. The molecule has 128 valence electrons. The standard InChI is InChI=1S/C19H18FN3O2/c20-17-3-1-2-14(10-17)13-25-19(24)16-6-8-23(9-7-16)18-5-4-15(11-21)12-22-18/h1-5,10,12,16H,6-9,13H2. The largest absolute Gasteiger partial charge is 0.461 e. The average Bonchev–Trinajstić information content (AvgIpc) is 2.66. The highest BCUT2D eigenvalue weighted by Gasteiger charge is 2.26. The van der Waals surface area contributed by atoms with E-state index in [1.54, 1.807) is 24.4 Å². The molecule has 0 saturated carbocycles. The molecule has 0 bridgehead atoms. The van der Waals surface area contributed by atoms with Gasteiger partial charge in [0.2, 0.25) is 0 Å². The van der Waals surface area contributed by atoms with Gasteiger partial charge in [-0.05, 0) is 42.7 Å². The van der Waals surface area contributed by atoms with Gasteiger partial charge in [-0.25, -0.2) is 9.37 Å². The van der Waals surface area contributed by atoms with E-state index in [9.17, 15) is 9.18 Å². The van der Waals surface area contributed by atoms with E-state index in [0.717, 1.165) is 5.82 Å². The molecule has 1 saturated heterocycles. The summed E-state index contributed by atoms with van der Waals surface area (Å²) in [7, 11) is 0. The number of nitriles is 1.